The van der Waals surface area contributed by atoms with Crippen LogP contribution in [0, 0.1) is 5.41 Å². The van der Waals surface area contributed by atoms with Crippen LogP contribution in [0.5, 0.6) is 0 Å². The quantitative estimate of drug-likeness (QED) is 0.925. The SMILES string of the molecule is CN1CCC(C)(Cn2c(N)nc3cccc(Cl)c32)CC1. The third kappa shape index (κ3) is 2.38. The highest BCUT2D eigenvalue weighted by molar-refractivity contribution is 6.35. The Kier molecular flexibility index (Phi) is 3.38. The molecule has 1 fully saturated rings. The summed E-state index contributed by atoms with van der Waals surface area (Å²) in [5, 5.41) is 0.725. The van der Waals surface area contributed by atoms with E-state index in [0.717, 1.165) is 35.7 Å². The predicted octanol–water partition coefficient (Wildman–Crippen LogP) is 3.00. The molecule has 2 heterocycles. The number of aromatic nitrogens is 2. The largest absolute Gasteiger partial charge is 0.369 e. The maximum atomic E-state index is 6.34. The summed E-state index contributed by atoms with van der Waals surface area (Å²) in [6.45, 7) is 5.49. The molecule has 0 amide bonds. The number of para-hydroxylation sites is 1. The summed E-state index contributed by atoms with van der Waals surface area (Å²) in [4.78, 5) is 6.81. The first kappa shape index (κ1) is 13.7. The lowest BCUT2D eigenvalue weighted by Crippen LogP contribution is -2.38. The number of hydrogen-bond acceptors (Lipinski definition) is 3. The minimum atomic E-state index is 0.257. The summed E-state index contributed by atoms with van der Waals surface area (Å²) in [5.74, 6) is 0.563. The fourth-order valence-electron chi connectivity index (χ4n) is 3.02. The van der Waals surface area contributed by atoms with Gasteiger partial charge in [0.15, 0.2) is 0 Å². The van der Waals surface area contributed by atoms with Crippen molar-refractivity contribution in [1.29, 1.82) is 0 Å². The molecule has 0 aliphatic carbocycles. The van der Waals surface area contributed by atoms with Crippen LogP contribution in [-0.2, 0) is 6.54 Å². The molecular weight excluding hydrogens is 272 g/mol. The van der Waals surface area contributed by atoms with Gasteiger partial charge in [-0.3, -0.25) is 0 Å². The Hall–Kier alpha value is -1.26. The summed E-state index contributed by atoms with van der Waals surface area (Å²) in [7, 11) is 2.18. The van der Waals surface area contributed by atoms with Crippen molar-refractivity contribution in [3.8, 4) is 0 Å². The van der Waals surface area contributed by atoms with Gasteiger partial charge in [0, 0.05) is 6.54 Å². The second-order valence-corrected chi connectivity index (χ2v) is 6.68. The molecule has 0 saturated carbocycles. The van der Waals surface area contributed by atoms with Crippen molar-refractivity contribution >= 4 is 28.6 Å². The minimum absolute atomic E-state index is 0.257. The maximum Gasteiger partial charge on any atom is 0.201 e. The van der Waals surface area contributed by atoms with Crippen LogP contribution < -0.4 is 5.73 Å². The van der Waals surface area contributed by atoms with Gasteiger partial charge in [0.25, 0.3) is 0 Å². The second-order valence-electron chi connectivity index (χ2n) is 6.28. The van der Waals surface area contributed by atoms with Gasteiger partial charge < -0.3 is 15.2 Å². The number of piperidine rings is 1. The molecule has 20 heavy (non-hydrogen) atoms. The van der Waals surface area contributed by atoms with Gasteiger partial charge in [-0.1, -0.05) is 24.6 Å². The van der Waals surface area contributed by atoms with E-state index in [1.807, 2.05) is 18.2 Å². The molecule has 3 rings (SSSR count). The van der Waals surface area contributed by atoms with Crippen molar-refractivity contribution < 1.29 is 0 Å². The number of halogens is 1. The topological polar surface area (TPSA) is 47.1 Å². The van der Waals surface area contributed by atoms with E-state index >= 15 is 0 Å². The number of likely N-dealkylation sites (tertiary alicyclic amines) is 1. The average Bonchev–Trinajstić information content (AvgIpc) is 2.71. The van der Waals surface area contributed by atoms with Gasteiger partial charge in [-0.2, -0.15) is 0 Å². The Morgan fingerprint density at radius 1 is 1.35 bits per heavy atom. The van der Waals surface area contributed by atoms with Crippen LogP contribution in [0.3, 0.4) is 0 Å². The Bertz CT molecular complexity index is 626. The lowest BCUT2D eigenvalue weighted by Gasteiger charge is -2.38. The van der Waals surface area contributed by atoms with Gasteiger partial charge >= 0.3 is 0 Å². The van der Waals surface area contributed by atoms with Gasteiger partial charge in [0.1, 0.15) is 0 Å². The third-order valence-corrected chi connectivity index (χ3v) is 4.79. The Morgan fingerprint density at radius 2 is 2.05 bits per heavy atom. The van der Waals surface area contributed by atoms with Crippen LogP contribution in [-0.4, -0.2) is 34.6 Å². The second kappa shape index (κ2) is 4.93. The number of nitrogens with two attached hydrogens (primary N) is 1. The van der Waals surface area contributed by atoms with Gasteiger partial charge in [-0.25, -0.2) is 4.98 Å². The molecule has 2 N–H and O–H groups in total. The van der Waals surface area contributed by atoms with E-state index in [4.69, 9.17) is 17.3 Å². The van der Waals surface area contributed by atoms with E-state index in [0.29, 0.717) is 5.95 Å². The molecule has 108 valence electrons. The smallest absolute Gasteiger partial charge is 0.201 e. The zero-order chi connectivity index (χ0) is 14.3. The third-order valence-electron chi connectivity index (χ3n) is 4.48. The summed E-state index contributed by atoms with van der Waals surface area (Å²) in [5.41, 5.74) is 8.21. The molecule has 0 unspecified atom stereocenters. The molecule has 1 aliphatic heterocycles. The lowest BCUT2D eigenvalue weighted by molar-refractivity contribution is 0.122. The van der Waals surface area contributed by atoms with E-state index < -0.39 is 0 Å². The first-order valence-corrected chi connectivity index (χ1v) is 7.45. The van der Waals surface area contributed by atoms with Crippen molar-refractivity contribution in [2.75, 3.05) is 25.9 Å². The molecule has 0 bridgehead atoms. The van der Waals surface area contributed by atoms with Crippen LogP contribution in [0.2, 0.25) is 5.02 Å². The van der Waals surface area contributed by atoms with E-state index in [1.165, 1.54) is 12.8 Å². The molecule has 1 aromatic carbocycles. The monoisotopic (exact) mass is 292 g/mol. The van der Waals surface area contributed by atoms with Crippen molar-refractivity contribution in [3.05, 3.63) is 23.2 Å². The van der Waals surface area contributed by atoms with Crippen molar-refractivity contribution in [3.63, 3.8) is 0 Å². The molecule has 1 saturated heterocycles. The molecular formula is C15H21ClN4. The Balaban J connectivity index is 1.96. The van der Waals surface area contributed by atoms with Gasteiger partial charge in [-0.05, 0) is 50.5 Å². The van der Waals surface area contributed by atoms with E-state index in [2.05, 4.69) is 28.4 Å². The lowest BCUT2D eigenvalue weighted by atomic mass is 9.80. The first-order valence-electron chi connectivity index (χ1n) is 7.07. The molecule has 2 aromatic rings. The summed E-state index contributed by atoms with van der Waals surface area (Å²) in [6, 6.07) is 5.78. The summed E-state index contributed by atoms with van der Waals surface area (Å²) >= 11 is 6.34. The Morgan fingerprint density at radius 3 is 2.75 bits per heavy atom. The number of rotatable bonds is 2. The van der Waals surface area contributed by atoms with Crippen LogP contribution in [0.4, 0.5) is 5.95 Å². The molecule has 0 spiro atoms. The van der Waals surface area contributed by atoms with Crippen molar-refractivity contribution in [2.24, 2.45) is 5.41 Å². The number of fused-ring (bicyclic) bond motifs is 1. The number of nitrogens with zero attached hydrogens (tertiary/aromatic N) is 3. The number of imidazole rings is 1. The van der Waals surface area contributed by atoms with Crippen molar-refractivity contribution in [2.45, 2.75) is 26.3 Å². The highest BCUT2D eigenvalue weighted by Gasteiger charge is 2.30. The van der Waals surface area contributed by atoms with Gasteiger partial charge in [-0.15, -0.1) is 0 Å². The van der Waals surface area contributed by atoms with Crippen LogP contribution in [0.1, 0.15) is 19.8 Å². The number of nitrogen functional groups attached to an aromatic ring is 1. The standard InChI is InChI=1S/C15H21ClN4/c1-15(6-8-19(2)9-7-15)10-20-13-11(16)4-3-5-12(13)18-14(20)17/h3-5H,6-10H2,1-2H3,(H2,17,18). The predicted molar refractivity (Wildman–Crippen MR) is 84.0 cm³/mol. The van der Waals surface area contributed by atoms with E-state index in [-0.39, 0.29) is 5.41 Å². The summed E-state index contributed by atoms with van der Waals surface area (Å²) in [6.07, 6.45) is 2.35. The zero-order valence-corrected chi connectivity index (χ0v) is 12.8. The highest BCUT2D eigenvalue weighted by atomic mass is 35.5. The number of anilines is 1. The van der Waals surface area contributed by atoms with Crippen LogP contribution in [0.15, 0.2) is 18.2 Å². The minimum Gasteiger partial charge on any atom is -0.369 e. The Labute approximate surface area is 124 Å². The normalized spacial score (nSPS) is 19.6. The van der Waals surface area contributed by atoms with Crippen molar-refractivity contribution in [1.82, 2.24) is 14.5 Å². The first-order chi connectivity index (χ1) is 9.48. The van der Waals surface area contributed by atoms with E-state index in [1.54, 1.807) is 0 Å². The molecule has 0 radical (unpaired) electrons. The summed E-state index contributed by atoms with van der Waals surface area (Å²) < 4.78 is 2.09. The zero-order valence-electron chi connectivity index (χ0n) is 12.1. The average molecular weight is 293 g/mol. The highest BCUT2D eigenvalue weighted by Crippen LogP contribution is 2.35. The molecule has 5 heteroatoms. The van der Waals surface area contributed by atoms with Gasteiger partial charge in [0.2, 0.25) is 5.95 Å². The van der Waals surface area contributed by atoms with Crippen LogP contribution in [0.25, 0.3) is 11.0 Å². The molecule has 1 aromatic heterocycles. The molecule has 4 nitrogen and oxygen atoms in total. The van der Waals surface area contributed by atoms with E-state index in [9.17, 15) is 0 Å². The maximum absolute atomic E-state index is 6.34. The van der Waals surface area contributed by atoms with Crippen LogP contribution >= 0.6 is 11.6 Å². The molecule has 1 aliphatic rings. The van der Waals surface area contributed by atoms with Gasteiger partial charge in [0.05, 0.1) is 16.1 Å². The number of benzene rings is 1. The molecule has 0 atom stereocenters. The fourth-order valence-corrected chi connectivity index (χ4v) is 3.29. The fraction of sp³-hybridized carbons (Fsp3) is 0.533. The number of hydrogen-bond donors (Lipinski definition) is 1.